The van der Waals surface area contributed by atoms with Gasteiger partial charge in [0.15, 0.2) is 0 Å². The molecule has 0 aliphatic rings. The average Bonchev–Trinajstić information content (AvgIpc) is 2.53. The van der Waals surface area contributed by atoms with Crippen LogP contribution in [0.25, 0.3) is 0 Å². The fourth-order valence-electron chi connectivity index (χ4n) is 3.02. The molecule has 138 valence electrons. The summed E-state index contributed by atoms with van der Waals surface area (Å²) in [6.45, 7) is 7.95. The van der Waals surface area contributed by atoms with Crippen molar-refractivity contribution in [3.05, 3.63) is 71.8 Å². The molecule has 2 rings (SSSR count). The Kier molecular flexibility index (Phi) is 6.36. The van der Waals surface area contributed by atoms with E-state index in [2.05, 4.69) is 0 Å². The molecule has 5 heteroatoms. The van der Waals surface area contributed by atoms with Gasteiger partial charge < -0.3 is 0 Å². The van der Waals surface area contributed by atoms with Gasteiger partial charge in [-0.1, -0.05) is 0 Å². The molecular weight excluding hydrogens is 333 g/mol. The third kappa shape index (κ3) is 5.88. The first-order valence-electron chi connectivity index (χ1n) is 8.75. The second-order valence-electron chi connectivity index (χ2n) is 7.22. The van der Waals surface area contributed by atoms with Gasteiger partial charge in [-0.2, -0.15) is 0 Å². The molecule has 0 fully saturated rings. The number of nitrogens with zero attached hydrogens (tertiary/aromatic N) is 1. The van der Waals surface area contributed by atoms with E-state index in [0.29, 0.717) is 0 Å². The monoisotopic (exact) mass is 363 g/mol. The van der Waals surface area contributed by atoms with Crippen LogP contribution in [0.3, 0.4) is 0 Å². The Morgan fingerprint density at radius 3 is 1.44 bits per heavy atom. The molecule has 4 nitrogen and oxygen atoms in total. The first kappa shape index (κ1) is 20.0. The van der Waals surface area contributed by atoms with Crippen molar-refractivity contribution in [3.63, 3.8) is 0 Å². The normalized spacial score (nSPS) is 14.0. The van der Waals surface area contributed by atoms with Gasteiger partial charge in [-0.25, -0.2) is 0 Å². The molecule has 0 spiro atoms. The SMILES string of the molecule is CC(C)N(OP(O)(O)(Cc1ccccc1)Cc1ccccc1)C(C)C. The maximum absolute atomic E-state index is 11.5. The van der Waals surface area contributed by atoms with Gasteiger partial charge in [-0.05, 0) is 0 Å². The van der Waals surface area contributed by atoms with E-state index < -0.39 is 7.28 Å². The van der Waals surface area contributed by atoms with Crippen molar-refractivity contribution in [2.75, 3.05) is 0 Å². The van der Waals surface area contributed by atoms with Gasteiger partial charge in [0.2, 0.25) is 0 Å². The zero-order valence-electron chi connectivity index (χ0n) is 15.5. The van der Waals surface area contributed by atoms with E-state index in [-0.39, 0.29) is 24.4 Å². The molecule has 0 saturated heterocycles. The predicted octanol–water partition coefficient (Wildman–Crippen LogP) is 4.72. The first-order valence-corrected chi connectivity index (χ1v) is 11.2. The van der Waals surface area contributed by atoms with E-state index in [1.54, 1.807) is 5.06 Å². The molecule has 0 radical (unpaired) electrons. The Morgan fingerprint density at radius 1 is 0.760 bits per heavy atom. The molecule has 0 heterocycles. The Morgan fingerprint density at radius 2 is 1.12 bits per heavy atom. The average molecular weight is 363 g/mol. The summed E-state index contributed by atoms with van der Waals surface area (Å²) >= 11 is 0. The summed E-state index contributed by atoms with van der Waals surface area (Å²) in [4.78, 5) is 22.9. The summed E-state index contributed by atoms with van der Waals surface area (Å²) in [5.74, 6) is 0. The van der Waals surface area contributed by atoms with E-state index in [1.165, 1.54) is 0 Å². The first-order chi connectivity index (χ1) is 11.7. The van der Waals surface area contributed by atoms with Gasteiger partial charge >= 0.3 is 151 Å². The summed E-state index contributed by atoms with van der Waals surface area (Å²) < 4.78 is 6.03. The zero-order chi connectivity index (χ0) is 18.5. The molecule has 0 bridgehead atoms. The van der Waals surface area contributed by atoms with Crippen LogP contribution in [0, 0.1) is 0 Å². The van der Waals surface area contributed by atoms with Crippen LogP contribution in [0.4, 0.5) is 0 Å². The minimum absolute atomic E-state index is 0.0346. The summed E-state index contributed by atoms with van der Waals surface area (Å²) in [5.41, 5.74) is 1.71. The summed E-state index contributed by atoms with van der Waals surface area (Å²) in [6.07, 6.45) is 0.189. The van der Waals surface area contributed by atoms with Crippen LogP contribution >= 0.6 is 7.28 Å². The minimum atomic E-state index is -4.49. The van der Waals surface area contributed by atoms with Crippen molar-refractivity contribution in [2.24, 2.45) is 0 Å². The third-order valence-corrected chi connectivity index (χ3v) is 6.55. The van der Waals surface area contributed by atoms with E-state index in [1.807, 2.05) is 88.4 Å². The molecule has 2 N–H and O–H groups in total. The molecular formula is C20H30NO3P. The summed E-state index contributed by atoms with van der Waals surface area (Å²) in [6, 6.07) is 19.1. The Bertz CT molecular complexity index is 606. The molecule has 0 aliphatic carbocycles. The van der Waals surface area contributed by atoms with Gasteiger partial charge in [-0.15, -0.1) is 0 Å². The summed E-state index contributed by atoms with van der Waals surface area (Å²) in [7, 11) is -4.49. The molecule has 0 aromatic heterocycles. The van der Waals surface area contributed by atoms with Crippen LogP contribution in [0.5, 0.6) is 0 Å². The molecule has 2 aromatic rings. The van der Waals surface area contributed by atoms with E-state index in [9.17, 15) is 9.79 Å². The maximum atomic E-state index is 11.5. The van der Waals surface area contributed by atoms with Gasteiger partial charge in [0.05, 0.1) is 0 Å². The molecule has 0 saturated carbocycles. The second-order valence-corrected chi connectivity index (χ2v) is 10.6. The van der Waals surface area contributed by atoms with E-state index in [0.717, 1.165) is 11.1 Å². The Labute approximate surface area is 151 Å². The van der Waals surface area contributed by atoms with Crippen LogP contribution in [0.15, 0.2) is 60.7 Å². The fourth-order valence-corrected chi connectivity index (χ4v) is 5.95. The number of hydrogen-bond acceptors (Lipinski definition) is 4. The third-order valence-electron chi connectivity index (χ3n) is 3.99. The Hall–Kier alpha value is -1.29. The predicted molar refractivity (Wildman–Crippen MR) is 105 cm³/mol. The van der Waals surface area contributed by atoms with Gasteiger partial charge in [0.25, 0.3) is 0 Å². The van der Waals surface area contributed by atoms with Crippen molar-refractivity contribution in [1.82, 2.24) is 5.06 Å². The van der Waals surface area contributed by atoms with Crippen molar-refractivity contribution in [2.45, 2.75) is 52.1 Å². The molecule has 0 atom stereocenters. The van der Waals surface area contributed by atoms with Gasteiger partial charge in [-0.3, -0.25) is 0 Å². The molecule has 0 amide bonds. The molecule has 25 heavy (non-hydrogen) atoms. The standard InChI is InChI=1S/C20H30NO3P/c1-17(2)21(18(3)4)24-25(22,23,15-19-11-7-5-8-12-19)16-20-13-9-6-10-14-20/h5-14,17-18,22-23H,15-16H2,1-4H3. The van der Waals surface area contributed by atoms with Crippen LogP contribution in [0.1, 0.15) is 38.8 Å². The van der Waals surface area contributed by atoms with E-state index >= 15 is 0 Å². The van der Waals surface area contributed by atoms with Gasteiger partial charge in [0.1, 0.15) is 0 Å². The van der Waals surface area contributed by atoms with Gasteiger partial charge in [0, 0.05) is 0 Å². The molecule has 0 aliphatic heterocycles. The summed E-state index contributed by atoms with van der Waals surface area (Å²) in [5, 5.41) is 1.70. The number of hydroxylamine groups is 2. The van der Waals surface area contributed by atoms with Crippen LogP contribution in [-0.2, 0) is 16.9 Å². The molecule has 2 aromatic carbocycles. The van der Waals surface area contributed by atoms with Crippen molar-refractivity contribution in [1.29, 1.82) is 0 Å². The Balaban J connectivity index is 2.38. The van der Waals surface area contributed by atoms with Crippen LogP contribution < -0.4 is 0 Å². The number of benzene rings is 2. The van der Waals surface area contributed by atoms with E-state index in [4.69, 9.17) is 4.62 Å². The van der Waals surface area contributed by atoms with Crippen molar-refractivity contribution >= 4 is 7.28 Å². The second kappa shape index (κ2) is 7.94. The zero-order valence-corrected chi connectivity index (χ0v) is 16.4. The number of hydrogen-bond donors (Lipinski definition) is 2. The van der Waals surface area contributed by atoms with Crippen LogP contribution in [0.2, 0.25) is 0 Å². The van der Waals surface area contributed by atoms with Crippen molar-refractivity contribution < 1.29 is 14.4 Å². The molecule has 0 unspecified atom stereocenters. The quantitative estimate of drug-likeness (QED) is 0.526. The van der Waals surface area contributed by atoms with Crippen LogP contribution in [-0.4, -0.2) is 26.9 Å². The van der Waals surface area contributed by atoms with Crippen molar-refractivity contribution in [3.8, 4) is 0 Å². The fraction of sp³-hybridized carbons (Fsp3) is 0.400. The number of rotatable bonds is 8. The topological polar surface area (TPSA) is 52.9 Å².